The van der Waals surface area contributed by atoms with Crippen LogP contribution >= 0.6 is 0 Å². The fourth-order valence-corrected chi connectivity index (χ4v) is 6.18. The maximum Gasteiger partial charge on any atom is 0.243 e. The fraction of sp³-hybridized carbons (Fsp3) is 0.310. The summed E-state index contributed by atoms with van der Waals surface area (Å²) in [6, 6.07) is 23.3. The van der Waals surface area contributed by atoms with E-state index in [1.54, 1.807) is 16.4 Å². The number of hydrogen-bond donors (Lipinski definition) is 1. The molecule has 0 radical (unpaired) electrons. The topological polar surface area (TPSA) is 78.4 Å². The van der Waals surface area contributed by atoms with Crippen LogP contribution in [-0.4, -0.2) is 53.8 Å². The highest BCUT2D eigenvalue weighted by molar-refractivity contribution is 7.89. The maximum absolute atomic E-state index is 13.2. The van der Waals surface area contributed by atoms with Crippen molar-refractivity contribution in [2.75, 3.05) is 31.5 Å². The Hall–Kier alpha value is -3.33. The summed E-state index contributed by atoms with van der Waals surface area (Å²) in [6.45, 7) is 8.32. The number of anilines is 2. The number of hydrogen-bond acceptors (Lipinski definition) is 6. The van der Waals surface area contributed by atoms with E-state index in [4.69, 9.17) is 9.97 Å². The fourth-order valence-electron chi connectivity index (χ4n) is 4.76. The molecule has 0 spiro atoms. The van der Waals surface area contributed by atoms with Crippen molar-refractivity contribution in [1.82, 2.24) is 19.2 Å². The number of benzene rings is 3. The minimum absolute atomic E-state index is 0.0595. The molecule has 0 saturated carbocycles. The molecule has 0 bridgehead atoms. The summed E-state index contributed by atoms with van der Waals surface area (Å²) in [5, 5.41) is 4.47. The summed E-state index contributed by atoms with van der Waals surface area (Å²) in [5.41, 5.74) is 4.16. The van der Waals surface area contributed by atoms with E-state index < -0.39 is 10.0 Å². The largest absolute Gasteiger partial charge is 0.339 e. The van der Waals surface area contributed by atoms with Gasteiger partial charge in [0, 0.05) is 37.3 Å². The minimum atomic E-state index is -3.51. The Balaban J connectivity index is 1.35. The van der Waals surface area contributed by atoms with Crippen molar-refractivity contribution >= 4 is 32.4 Å². The average Bonchev–Trinajstić information content (AvgIpc) is 2.94. The molecule has 1 aromatic heterocycles. The van der Waals surface area contributed by atoms with Gasteiger partial charge in [-0.15, -0.1) is 0 Å². The lowest BCUT2D eigenvalue weighted by molar-refractivity contribution is 0.141. The van der Waals surface area contributed by atoms with Crippen LogP contribution in [-0.2, 0) is 16.4 Å². The lowest BCUT2D eigenvalue weighted by Gasteiger charge is -2.37. The van der Waals surface area contributed by atoms with Crippen molar-refractivity contribution in [3.8, 4) is 0 Å². The smallest absolute Gasteiger partial charge is 0.243 e. The second-order valence-electron chi connectivity index (χ2n) is 9.50. The SMILES string of the molecule is CCc1ccc(S(=O)(=O)N2CCN(C(C)c3nc(Nc4ccccc4C)c4ccccc4n3)CC2)cc1. The molecular formula is C29H33N5O2S. The number of nitrogens with one attached hydrogen (secondary N) is 1. The molecule has 5 rings (SSSR count). The van der Waals surface area contributed by atoms with Crippen LogP contribution < -0.4 is 5.32 Å². The molecule has 1 aliphatic heterocycles. The van der Waals surface area contributed by atoms with Gasteiger partial charge in [0.05, 0.1) is 16.5 Å². The Morgan fingerprint density at radius 3 is 2.27 bits per heavy atom. The third-order valence-electron chi connectivity index (χ3n) is 7.18. The van der Waals surface area contributed by atoms with E-state index in [-0.39, 0.29) is 6.04 Å². The second-order valence-corrected chi connectivity index (χ2v) is 11.4. The second kappa shape index (κ2) is 10.6. The lowest BCUT2D eigenvalue weighted by Crippen LogP contribution is -2.49. The van der Waals surface area contributed by atoms with Crippen molar-refractivity contribution in [2.45, 2.75) is 38.1 Å². The van der Waals surface area contributed by atoms with Gasteiger partial charge in [-0.25, -0.2) is 18.4 Å². The Bertz CT molecular complexity index is 1500. The molecule has 2 heterocycles. The molecule has 1 atom stereocenters. The predicted octanol–water partition coefficient (Wildman–Crippen LogP) is 5.31. The van der Waals surface area contributed by atoms with E-state index in [2.05, 4.69) is 37.1 Å². The standard InChI is InChI=1S/C29H33N5O2S/c1-4-23-13-15-24(16-14-23)37(35,36)34-19-17-33(18-20-34)22(3)28-31-27-12-8-6-10-25(27)29(32-28)30-26-11-7-5-9-21(26)2/h5-16,22H,4,17-20H2,1-3H3,(H,30,31,32). The first-order chi connectivity index (χ1) is 17.9. The highest BCUT2D eigenvalue weighted by Gasteiger charge is 2.31. The number of fused-ring (bicyclic) bond motifs is 1. The summed E-state index contributed by atoms with van der Waals surface area (Å²) < 4.78 is 28.0. The molecule has 37 heavy (non-hydrogen) atoms. The molecule has 1 unspecified atom stereocenters. The quantitative estimate of drug-likeness (QED) is 0.359. The first kappa shape index (κ1) is 25.3. The third kappa shape index (κ3) is 5.23. The van der Waals surface area contributed by atoms with Crippen molar-refractivity contribution in [2.24, 2.45) is 0 Å². The van der Waals surface area contributed by atoms with Crippen molar-refractivity contribution < 1.29 is 8.42 Å². The summed E-state index contributed by atoms with van der Waals surface area (Å²) in [7, 11) is -3.51. The Morgan fingerprint density at radius 2 is 1.57 bits per heavy atom. The molecular weight excluding hydrogens is 482 g/mol. The van der Waals surface area contributed by atoms with Gasteiger partial charge in [-0.3, -0.25) is 4.90 Å². The van der Waals surface area contributed by atoms with E-state index in [1.165, 1.54) is 0 Å². The summed E-state index contributed by atoms with van der Waals surface area (Å²) in [4.78, 5) is 12.4. The van der Waals surface area contributed by atoms with Crippen LogP contribution in [0.5, 0.6) is 0 Å². The van der Waals surface area contributed by atoms with E-state index in [0.29, 0.717) is 31.1 Å². The van der Waals surface area contributed by atoms with Crippen molar-refractivity contribution in [3.05, 3.63) is 89.7 Å². The van der Waals surface area contributed by atoms with Gasteiger partial charge in [0.25, 0.3) is 0 Å². The highest BCUT2D eigenvalue weighted by atomic mass is 32.2. The van der Waals surface area contributed by atoms with Crippen LogP contribution in [0.3, 0.4) is 0 Å². The van der Waals surface area contributed by atoms with E-state index in [0.717, 1.165) is 45.8 Å². The van der Waals surface area contributed by atoms with Crippen LogP contribution in [0.4, 0.5) is 11.5 Å². The summed E-state index contributed by atoms with van der Waals surface area (Å²) in [5.74, 6) is 1.50. The Labute approximate surface area is 219 Å². The van der Waals surface area contributed by atoms with Crippen LogP contribution in [0.2, 0.25) is 0 Å². The van der Waals surface area contributed by atoms with Gasteiger partial charge in [0.15, 0.2) is 0 Å². The predicted molar refractivity (Wildman–Crippen MR) is 149 cm³/mol. The normalized spacial score (nSPS) is 16.1. The molecule has 1 saturated heterocycles. The number of piperazine rings is 1. The maximum atomic E-state index is 13.2. The van der Waals surface area contributed by atoms with Crippen molar-refractivity contribution in [1.29, 1.82) is 0 Å². The van der Waals surface area contributed by atoms with Gasteiger partial charge in [0.1, 0.15) is 11.6 Å². The van der Waals surface area contributed by atoms with E-state index in [1.807, 2.05) is 54.6 Å². The first-order valence-corrected chi connectivity index (χ1v) is 14.2. The number of aryl methyl sites for hydroxylation is 2. The Kier molecular flexibility index (Phi) is 7.24. The van der Waals surface area contributed by atoms with Crippen LogP contribution in [0.25, 0.3) is 10.9 Å². The number of rotatable bonds is 7. The molecule has 7 nitrogen and oxygen atoms in total. The van der Waals surface area contributed by atoms with Gasteiger partial charge in [0.2, 0.25) is 10.0 Å². The molecule has 192 valence electrons. The van der Waals surface area contributed by atoms with Crippen LogP contribution in [0.1, 0.15) is 36.8 Å². The minimum Gasteiger partial charge on any atom is -0.339 e. The zero-order valence-electron chi connectivity index (χ0n) is 21.6. The summed E-state index contributed by atoms with van der Waals surface area (Å²) >= 11 is 0. The molecule has 1 N–H and O–H groups in total. The first-order valence-electron chi connectivity index (χ1n) is 12.8. The van der Waals surface area contributed by atoms with E-state index in [9.17, 15) is 8.42 Å². The highest BCUT2D eigenvalue weighted by Crippen LogP contribution is 2.29. The van der Waals surface area contributed by atoms with Gasteiger partial charge in [-0.2, -0.15) is 4.31 Å². The average molecular weight is 516 g/mol. The van der Waals surface area contributed by atoms with Crippen LogP contribution in [0.15, 0.2) is 77.7 Å². The third-order valence-corrected chi connectivity index (χ3v) is 9.10. The monoisotopic (exact) mass is 515 g/mol. The lowest BCUT2D eigenvalue weighted by atomic mass is 10.1. The van der Waals surface area contributed by atoms with Gasteiger partial charge >= 0.3 is 0 Å². The number of sulfonamides is 1. The summed E-state index contributed by atoms with van der Waals surface area (Å²) in [6.07, 6.45) is 0.885. The zero-order chi connectivity index (χ0) is 26.0. The number of aromatic nitrogens is 2. The Morgan fingerprint density at radius 1 is 0.892 bits per heavy atom. The van der Waals surface area contributed by atoms with Gasteiger partial charge in [-0.05, 0) is 61.7 Å². The molecule has 4 aromatic rings. The molecule has 8 heteroatoms. The molecule has 1 fully saturated rings. The molecule has 0 amide bonds. The van der Waals surface area contributed by atoms with Crippen molar-refractivity contribution in [3.63, 3.8) is 0 Å². The van der Waals surface area contributed by atoms with Gasteiger partial charge < -0.3 is 5.32 Å². The van der Waals surface area contributed by atoms with Gasteiger partial charge in [-0.1, -0.05) is 49.4 Å². The molecule has 1 aliphatic rings. The number of para-hydroxylation sites is 2. The molecule has 0 aliphatic carbocycles. The van der Waals surface area contributed by atoms with E-state index >= 15 is 0 Å². The number of nitrogens with zero attached hydrogens (tertiary/aromatic N) is 4. The van der Waals surface area contributed by atoms with Crippen LogP contribution in [0, 0.1) is 6.92 Å². The zero-order valence-corrected chi connectivity index (χ0v) is 22.4. The molecule has 3 aromatic carbocycles.